The molecule has 1 unspecified atom stereocenters. The fourth-order valence-electron chi connectivity index (χ4n) is 5.60. The molecule has 0 radical (unpaired) electrons. The van der Waals surface area contributed by atoms with Gasteiger partial charge in [0, 0.05) is 39.8 Å². The summed E-state index contributed by atoms with van der Waals surface area (Å²) < 4.78 is 55.4. The summed E-state index contributed by atoms with van der Waals surface area (Å²) in [5.74, 6) is 0.468. The summed E-state index contributed by atoms with van der Waals surface area (Å²) in [5.41, 5.74) is 3.24. The highest BCUT2D eigenvalue weighted by Crippen LogP contribution is 2.46. The number of carbonyl (C=O) groups is 1. The molecule has 4 aromatic rings. The lowest BCUT2D eigenvalue weighted by Crippen LogP contribution is -2.37. The maximum atomic E-state index is 14.5. The minimum Gasteiger partial charge on any atom is -0.490 e. The fourth-order valence-corrected chi connectivity index (χ4v) is 5.60. The van der Waals surface area contributed by atoms with E-state index in [-0.39, 0.29) is 30.6 Å². The molecule has 1 heterocycles. The second kappa shape index (κ2) is 12.5. The number of ether oxygens (including phenoxy) is 1. The van der Waals surface area contributed by atoms with Crippen LogP contribution in [0.25, 0.3) is 28.1 Å². The highest BCUT2D eigenvalue weighted by molar-refractivity contribution is 5.94. The van der Waals surface area contributed by atoms with E-state index in [1.807, 2.05) is 40.7 Å². The number of halogens is 3. The van der Waals surface area contributed by atoms with Gasteiger partial charge in [-0.1, -0.05) is 44.6 Å². The number of aryl methyl sites for hydroxylation is 1. The van der Waals surface area contributed by atoms with Crippen LogP contribution in [0, 0.1) is 23.7 Å². The maximum Gasteiger partial charge on any atom is 0.413 e. The zero-order valence-electron chi connectivity index (χ0n) is 26.7. The van der Waals surface area contributed by atoms with Gasteiger partial charge >= 0.3 is 6.18 Å². The summed E-state index contributed by atoms with van der Waals surface area (Å²) in [7, 11) is 0. The lowest BCUT2D eigenvalue weighted by Gasteiger charge is -2.33. The van der Waals surface area contributed by atoms with Gasteiger partial charge in [-0.15, -0.1) is 0 Å². The van der Waals surface area contributed by atoms with Crippen molar-refractivity contribution in [3.8, 4) is 23.3 Å². The first-order chi connectivity index (χ1) is 21.7. The highest BCUT2D eigenvalue weighted by atomic mass is 19.4. The standard InChI is InChI=1S/C37H36F3N3O3/c1-21(2)28-16-24(19-41)17-31-33(28)46-35(43-31)26-10-8-25(9-11-26)34(44)42-20-36(6)14-13-27(30(18-36)37(38,39)40)29-15-23(5)7-12-32(29)45-22(3)4/h7-17,21-22H,18,20H2,1-6H3,(H,42,44). The Bertz CT molecular complexity index is 1890. The van der Waals surface area contributed by atoms with Crippen molar-refractivity contribution in [1.29, 1.82) is 5.26 Å². The molecule has 0 fully saturated rings. The van der Waals surface area contributed by atoms with Crippen molar-refractivity contribution in [1.82, 2.24) is 10.3 Å². The van der Waals surface area contributed by atoms with Gasteiger partial charge < -0.3 is 14.5 Å². The second-order valence-electron chi connectivity index (χ2n) is 12.7. The summed E-state index contributed by atoms with van der Waals surface area (Å²) in [6.45, 7) is 11.2. The van der Waals surface area contributed by atoms with E-state index < -0.39 is 23.1 Å². The van der Waals surface area contributed by atoms with E-state index in [1.165, 1.54) is 6.08 Å². The third kappa shape index (κ3) is 6.86. The van der Waals surface area contributed by atoms with Gasteiger partial charge in [-0.05, 0) is 87.2 Å². The molecular weight excluding hydrogens is 591 g/mol. The van der Waals surface area contributed by atoms with E-state index in [0.29, 0.717) is 45.0 Å². The smallest absolute Gasteiger partial charge is 0.413 e. The first-order valence-corrected chi connectivity index (χ1v) is 15.2. The van der Waals surface area contributed by atoms with E-state index in [4.69, 9.17) is 9.15 Å². The zero-order chi connectivity index (χ0) is 33.4. The Morgan fingerprint density at radius 2 is 1.83 bits per heavy atom. The fraction of sp³-hybridized carbons (Fsp3) is 0.324. The number of benzene rings is 3. The first-order valence-electron chi connectivity index (χ1n) is 15.2. The molecular formula is C37H36F3N3O3. The van der Waals surface area contributed by atoms with Crippen LogP contribution in [0.3, 0.4) is 0 Å². The molecule has 3 aromatic carbocycles. The van der Waals surface area contributed by atoms with E-state index in [1.54, 1.807) is 61.5 Å². The second-order valence-corrected chi connectivity index (χ2v) is 12.7. The number of rotatable bonds is 8. The van der Waals surface area contributed by atoms with E-state index in [0.717, 1.165) is 11.1 Å². The monoisotopic (exact) mass is 627 g/mol. The van der Waals surface area contributed by atoms with Gasteiger partial charge in [0.25, 0.3) is 5.91 Å². The molecule has 0 bridgehead atoms. The molecule has 1 aliphatic rings. The molecule has 238 valence electrons. The van der Waals surface area contributed by atoms with Crippen LogP contribution in [-0.2, 0) is 0 Å². The lowest BCUT2D eigenvalue weighted by atomic mass is 9.76. The van der Waals surface area contributed by atoms with Gasteiger partial charge in [-0.2, -0.15) is 18.4 Å². The summed E-state index contributed by atoms with van der Waals surface area (Å²) in [6, 6.07) is 17.5. The minimum atomic E-state index is -4.57. The third-order valence-electron chi connectivity index (χ3n) is 8.00. The van der Waals surface area contributed by atoms with Crippen molar-refractivity contribution in [2.75, 3.05) is 6.54 Å². The number of oxazole rings is 1. The van der Waals surface area contributed by atoms with Crippen LogP contribution in [-0.4, -0.2) is 29.7 Å². The predicted molar refractivity (Wildman–Crippen MR) is 172 cm³/mol. The Morgan fingerprint density at radius 1 is 1.11 bits per heavy atom. The molecule has 9 heteroatoms. The quantitative estimate of drug-likeness (QED) is 0.210. The number of nitrogens with one attached hydrogen (secondary N) is 1. The molecule has 46 heavy (non-hydrogen) atoms. The molecule has 0 saturated heterocycles. The van der Waals surface area contributed by atoms with Gasteiger partial charge in [0.05, 0.1) is 17.7 Å². The molecule has 1 amide bonds. The van der Waals surface area contributed by atoms with Crippen molar-refractivity contribution in [3.63, 3.8) is 0 Å². The number of nitrogens with zero attached hydrogens (tertiary/aromatic N) is 2. The molecule has 0 spiro atoms. The number of alkyl halides is 3. The summed E-state index contributed by atoms with van der Waals surface area (Å²) >= 11 is 0. The molecule has 0 aliphatic heterocycles. The average molecular weight is 628 g/mol. The normalized spacial score (nSPS) is 16.7. The van der Waals surface area contributed by atoms with E-state index >= 15 is 0 Å². The Morgan fingerprint density at radius 3 is 2.46 bits per heavy atom. The van der Waals surface area contributed by atoms with Gasteiger partial charge in [0.2, 0.25) is 5.89 Å². The van der Waals surface area contributed by atoms with Gasteiger partial charge in [0.15, 0.2) is 5.58 Å². The van der Waals surface area contributed by atoms with Crippen LogP contribution in [0.15, 0.2) is 76.7 Å². The van der Waals surface area contributed by atoms with Crippen molar-refractivity contribution < 1.29 is 27.1 Å². The Labute approximate surface area is 266 Å². The maximum absolute atomic E-state index is 14.5. The molecule has 1 aliphatic carbocycles. The van der Waals surface area contributed by atoms with Gasteiger partial charge in [-0.3, -0.25) is 4.79 Å². The molecule has 1 aromatic heterocycles. The van der Waals surface area contributed by atoms with Crippen LogP contribution >= 0.6 is 0 Å². The summed E-state index contributed by atoms with van der Waals surface area (Å²) in [5, 5.41) is 12.2. The largest absolute Gasteiger partial charge is 0.490 e. The van der Waals surface area contributed by atoms with Gasteiger partial charge in [0.1, 0.15) is 11.3 Å². The SMILES string of the molecule is Cc1ccc(OC(C)C)c(C2=C(C(F)(F)F)CC(C)(CNC(=O)c3ccc(-c4nc5cc(C#N)cc(C(C)C)c5o4)cc3)C=C2)c1. The number of fused-ring (bicyclic) bond motifs is 1. The Balaban J connectivity index is 1.33. The van der Waals surface area contributed by atoms with Gasteiger partial charge in [-0.25, -0.2) is 4.98 Å². The Kier molecular flexibility index (Phi) is 8.85. The average Bonchev–Trinajstić information content (AvgIpc) is 3.44. The van der Waals surface area contributed by atoms with Crippen LogP contribution < -0.4 is 10.1 Å². The number of aromatic nitrogens is 1. The molecule has 0 saturated carbocycles. The molecule has 6 nitrogen and oxygen atoms in total. The zero-order valence-corrected chi connectivity index (χ0v) is 26.7. The number of allylic oxidation sites excluding steroid dienone is 3. The van der Waals surface area contributed by atoms with E-state index in [2.05, 4.69) is 16.4 Å². The van der Waals surface area contributed by atoms with E-state index in [9.17, 15) is 23.2 Å². The van der Waals surface area contributed by atoms with Crippen LogP contribution in [0.4, 0.5) is 13.2 Å². The Hall–Kier alpha value is -4.84. The van der Waals surface area contributed by atoms with Crippen molar-refractivity contribution in [3.05, 3.63) is 100 Å². The lowest BCUT2D eigenvalue weighted by molar-refractivity contribution is -0.0957. The van der Waals surface area contributed by atoms with Crippen molar-refractivity contribution >= 4 is 22.6 Å². The van der Waals surface area contributed by atoms with Crippen molar-refractivity contribution in [2.24, 2.45) is 5.41 Å². The number of carbonyl (C=O) groups excluding carboxylic acids is 1. The van der Waals surface area contributed by atoms with Crippen LogP contribution in [0.2, 0.25) is 0 Å². The third-order valence-corrected chi connectivity index (χ3v) is 8.00. The summed E-state index contributed by atoms with van der Waals surface area (Å²) in [6.07, 6.45) is -1.85. The van der Waals surface area contributed by atoms with Crippen LogP contribution in [0.5, 0.6) is 5.75 Å². The number of amides is 1. The number of nitriles is 1. The van der Waals surface area contributed by atoms with Crippen molar-refractivity contribution in [2.45, 2.75) is 66.2 Å². The minimum absolute atomic E-state index is 0.00441. The molecule has 1 atom stereocenters. The van der Waals surface area contributed by atoms with Crippen LogP contribution in [0.1, 0.15) is 79.6 Å². The topological polar surface area (TPSA) is 88.1 Å². The first kappa shape index (κ1) is 32.6. The number of hydrogen-bond acceptors (Lipinski definition) is 5. The highest BCUT2D eigenvalue weighted by Gasteiger charge is 2.42. The summed E-state index contributed by atoms with van der Waals surface area (Å²) in [4.78, 5) is 17.7. The molecule has 1 N–H and O–H groups in total. The molecule has 5 rings (SSSR count). The predicted octanol–water partition coefficient (Wildman–Crippen LogP) is 9.30. The number of hydrogen-bond donors (Lipinski definition) is 1.